The first-order valence-corrected chi connectivity index (χ1v) is 8.91. The summed E-state index contributed by atoms with van der Waals surface area (Å²) in [6.45, 7) is 4.78. The molecule has 0 saturated heterocycles. The molecule has 1 aliphatic carbocycles. The Hall–Kier alpha value is -1.85. The fourth-order valence-corrected chi connectivity index (χ4v) is 3.43. The minimum absolute atomic E-state index is 0.0146. The number of ether oxygens (including phenoxy) is 1. The number of nitrogens with one attached hydrogen (secondary N) is 1. The van der Waals surface area contributed by atoms with Gasteiger partial charge in [-0.1, -0.05) is 33.1 Å². The van der Waals surface area contributed by atoms with E-state index in [2.05, 4.69) is 24.1 Å². The number of aryl methyl sites for hydroxylation is 1. The smallest absolute Gasteiger partial charge is 0.310 e. The van der Waals surface area contributed by atoms with Gasteiger partial charge in [0.25, 0.3) is 0 Å². The number of hydrogen-bond acceptors (Lipinski definition) is 4. The van der Waals surface area contributed by atoms with E-state index in [-0.39, 0.29) is 23.8 Å². The zero-order valence-electron chi connectivity index (χ0n) is 15.0. The molecule has 6 nitrogen and oxygen atoms in total. The third-order valence-electron chi connectivity index (χ3n) is 4.71. The second-order valence-corrected chi connectivity index (χ2v) is 6.83. The van der Waals surface area contributed by atoms with Crippen molar-refractivity contribution in [2.75, 3.05) is 7.11 Å². The molecule has 1 aromatic heterocycles. The van der Waals surface area contributed by atoms with Gasteiger partial charge in [0.1, 0.15) is 5.82 Å². The molecule has 2 atom stereocenters. The Bertz CT molecular complexity index is 553. The lowest BCUT2D eigenvalue weighted by molar-refractivity contribution is -0.147. The summed E-state index contributed by atoms with van der Waals surface area (Å²) in [5.41, 5.74) is 0. The topological polar surface area (TPSA) is 73.2 Å². The molecule has 1 aromatic rings. The van der Waals surface area contributed by atoms with Crippen molar-refractivity contribution < 1.29 is 14.3 Å². The van der Waals surface area contributed by atoms with Gasteiger partial charge < -0.3 is 14.6 Å². The van der Waals surface area contributed by atoms with Crippen molar-refractivity contribution in [2.24, 2.45) is 5.92 Å². The van der Waals surface area contributed by atoms with Crippen molar-refractivity contribution >= 4 is 11.9 Å². The Kier molecular flexibility index (Phi) is 6.82. The van der Waals surface area contributed by atoms with Crippen LogP contribution < -0.4 is 5.32 Å². The molecule has 24 heavy (non-hydrogen) atoms. The maximum absolute atomic E-state index is 12.4. The number of methoxy groups -OCH3 is 1. The number of nitrogens with zero attached hydrogens (tertiary/aromatic N) is 2. The van der Waals surface area contributed by atoms with Crippen LogP contribution in [-0.2, 0) is 20.9 Å². The lowest BCUT2D eigenvalue weighted by Crippen LogP contribution is -2.43. The van der Waals surface area contributed by atoms with E-state index < -0.39 is 0 Å². The molecular weight excluding hydrogens is 306 g/mol. The van der Waals surface area contributed by atoms with Gasteiger partial charge in [0, 0.05) is 37.3 Å². The molecule has 0 spiro atoms. The Morgan fingerprint density at radius 1 is 1.33 bits per heavy atom. The molecular formula is C18H29N3O3. The van der Waals surface area contributed by atoms with Gasteiger partial charge in [-0.3, -0.25) is 9.59 Å². The minimum atomic E-state index is -0.221. The average Bonchev–Trinajstić information content (AvgIpc) is 2.92. The van der Waals surface area contributed by atoms with Gasteiger partial charge in [-0.25, -0.2) is 4.98 Å². The van der Waals surface area contributed by atoms with Crippen LogP contribution in [0.1, 0.15) is 64.1 Å². The summed E-state index contributed by atoms with van der Waals surface area (Å²) in [5.74, 6) is 0.873. The predicted molar refractivity (Wildman–Crippen MR) is 91.5 cm³/mol. The van der Waals surface area contributed by atoms with Crippen LogP contribution in [0.15, 0.2) is 12.4 Å². The number of rotatable bonds is 6. The highest BCUT2D eigenvalue weighted by atomic mass is 16.5. The molecule has 0 bridgehead atoms. The van der Waals surface area contributed by atoms with Gasteiger partial charge in [0.05, 0.1) is 13.0 Å². The van der Waals surface area contributed by atoms with Gasteiger partial charge in [0.15, 0.2) is 0 Å². The zero-order valence-corrected chi connectivity index (χ0v) is 15.0. The Balaban J connectivity index is 1.91. The average molecular weight is 335 g/mol. The summed E-state index contributed by atoms with van der Waals surface area (Å²) in [5, 5.41) is 3.06. The van der Waals surface area contributed by atoms with Crippen LogP contribution in [-0.4, -0.2) is 34.6 Å². The van der Waals surface area contributed by atoms with E-state index in [0.29, 0.717) is 18.9 Å². The number of aromatic nitrogens is 2. The van der Waals surface area contributed by atoms with Crippen LogP contribution in [0, 0.1) is 5.92 Å². The molecule has 0 aliphatic heterocycles. The number of imidazole rings is 1. The van der Waals surface area contributed by atoms with Gasteiger partial charge in [0.2, 0.25) is 5.91 Å². The monoisotopic (exact) mass is 335 g/mol. The second kappa shape index (κ2) is 8.85. The number of esters is 1. The lowest BCUT2D eigenvalue weighted by Gasteiger charge is -2.24. The van der Waals surface area contributed by atoms with Crippen LogP contribution >= 0.6 is 0 Å². The van der Waals surface area contributed by atoms with Gasteiger partial charge in [-0.2, -0.15) is 0 Å². The van der Waals surface area contributed by atoms with Gasteiger partial charge >= 0.3 is 5.97 Å². The first kappa shape index (κ1) is 18.5. The van der Waals surface area contributed by atoms with Crippen LogP contribution in [0.25, 0.3) is 0 Å². The summed E-state index contributed by atoms with van der Waals surface area (Å²) in [7, 11) is 1.42. The van der Waals surface area contributed by atoms with Gasteiger partial charge in [-0.05, 0) is 12.8 Å². The van der Waals surface area contributed by atoms with E-state index >= 15 is 0 Å². The van der Waals surface area contributed by atoms with Crippen molar-refractivity contribution in [2.45, 2.75) is 70.9 Å². The molecule has 1 saturated carbocycles. The largest absolute Gasteiger partial charge is 0.469 e. The van der Waals surface area contributed by atoms with Crippen LogP contribution in [0.3, 0.4) is 0 Å². The molecule has 2 rings (SSSR count). The molecule has 1 aliphatic rings. The number of amides is 1. The highest BCUT2D eigenvalue weighted by molar-refractivity contribution is 5.78. The SMILES string of the molecule is COC(=O)[C@@H]1CCCCC[C@@H]1NC(=O)CCn1ccnc1C(C)C. The second-order valence-electron chi connectivity index (χ2n) is 6.83. The molecule has 6 heteroatoms. The standard InChI is InChI=1S/C18H29N3O3/c1-13(2)17-19-10-12-21(17)11-9-16(22)20-15-8-6-4-5-7-14(15)18(23)24-3/h10,12-15H,4-9,11H2,1-3H3,(H,20,22)/t14-,15+/m1/s1. The van der Waals surface area contributed by atoms with Crippen molar-refractivity contribution in [3.63, 3.8) is 0 Å². The summed E-state index contributed by atoms with van der Waals surface area (Å²) in [4.78, 5) is 28.7. The molecule has 1 amide bonds. The molecule has 1 heterocycles. The highest BCUT2D eigenvalue weighted by Crippen LogP contribution is 2.24. The van der Waals surface area contributed by atoms with Crippen molar-refractivity contribution in [1.82, 2.24) is 14.9 Å². The molecule has 0 unspecified atom stereocenters. The Morgan fingerprint density at radius 3 is 2.79 bits per heavy atom. The Morgan fingerprint density at radius 2 is 2.08 bits per heavy atom. The van der Waals surface area contributed by atoms with Gasteiger partial charge in [-0.15, -0.1) is 0 Å². The molecule has 1 N–H and O–H groups in total. The van der Waals surface area contributed by atoms with E-state index in [1.165, 1.54) is 7.11 Å². The van der Waals surface area contributed by atoms with Crippen LogP contribution in [0.4, 0.5) is 0 Å². The summed E-state index contributed by atoms with van der Waals surface area (Å²) < 4.78 is 6.94. The highest BCUT2D eigenvalue weighted by Gasteiger charge is 2.31. The third kappa shape index (κ3) is 4.82. The fraction of sp³-hybridized carbons (Fsp3) is 0.722. The lowest BCUT2D eigenvalue weighted by atomic mass is 9.94. The predicted octanol–water partition coefficient (Wildman–Crippen LogP) is 2.63. The summed E-state index contributed by atoms with van der Waals surface area (Å²) in [6, 6.07) is -0.111. The zero-order chi connectivity index (χ0) is 17.5. The maximum Gasteiger partial charge on any atom is 0.310 e. The van der Waals surface area contributed by atoms with Crippen molar-refractivity contribution in [3.05, 3.63) is 18.2 Å². The summed E-state index contributed by atoms with van der Waals surface area (Å²) >= 11 is 0. The summed E-state index contributed by atoms with van der Waals surface area (Å²) in [6.07, 6.45) is 8.85. The quantitative estimate of drug-likeness (QED) is 0.641. The first-order chi connectivity index (χ1) is 11.5. The van der Waals surface area contributed by atoms with E-state index in [0.717, 1.165) is 37.9 Å². The maximum atomic E-state index is 12.4. The van der Waals surface area contributed by atoms with Crippen molar-refractivity contribution in [1.29, 1.82) is 0 Å². The molecule has 0 radical (unpaired) electrons. The van der Waals surface area contributed by atoms with E-state index in [1.807, 2.05) is 10.8 Å². The number of carbonyl (C=O) groups is 2. The Labute approximate surface area is 144 Å². The van der Waals surface area contributed by atoms with E-state index in [9.17, 15) is 9.59 Å². The van der Waals surface area contributed by atoms with Crippen LogP contribution in [0.5, 0.6) is 0 Å². The molecule has 1 fully saturated rings. The third-order valence-corrected chi connectivity index (χ3v) is 4.71. The number of hydrogen-bond donors (Lipinski definition) is 1. The first-order valence-electron chi connectivity index (χ1n) is 8.91. The fourth-order valence-electron chi connectivity index (χ4n) is 3.43. The van der Waals surface area contributed by atoms with E-state index in [1.54, 1.807) is 6.20 Å². The molecule has 134 valence electrons. The minimum Gasteiger partial charge on any atom is -0.469 e. The normalized spacial score (nSPS) is 21.3. The molecule has 0 aromatic carbocycles. The van der Waals surface area contributed by atoms with Crippen LogP contribution in [0.2, 0.25) is 0 Å². The van der Waals surface area contributed by atoms with Crippen molar-refractivity contribution in [3.8, 4) is 0 Å². The van der Waals surface area contributed by atoms with E-state index in [4.69, 9.17) is 4.74 Å². The number of carbonyl (C=O) groups excluding carboxylic acids is 2.